The van der Waals surface area contributed by atoms with Crippen molar-refractivity contribution in [1.29, 1.82) is 0 Å². The molecule has 1 fully saturated rings. The Morgan fingerprint density at radius 2 is 2.16 bits per heavy atom. The molecule has 0 amide bonds. The van der Waals surface area contributed by atoms with Gasteiger partial charge < -0.3 is 10.5 Å². The zero-order valence-corrected chi connectivity index (χ0v) is 12.8. The van der Waals surface area contributed by atoms with Crippen LogP contribution in [-0.2, 0) is 19.6 Å². The molecule has 8 heteroatoms. The van der Waals surface area contributed by atoms with Crippen LogP contribution in [0.1, 0.15) is 33.1 Å². The summed E-state index contributed by atoms with van der Waals surface area (Å²) in [5, 5.41) is -0.919. The van der Waals surface area contributed by atoms with Crippen LogP contribution in [-0.4, -0.2) is 48.1 Å². The summed E-state index contributed by atoms with van der Waals surface area (Å²) in [6.07, 6.45) is 1.41. The Kier molecular flexibility index (Phi) is 5.69. The number of sulfonamides is 1. The molecular formula is C11H20N2O4S2. The maximum Gasteiger partial charge on any atom is 0.324 e. The van der Waals surface area contributed by atoms with Crippen LogP contribution >= 0.6 is 12.2 Å². The fraction of sp³-hybridized carbons (Fsp3) is 0.818. The molecule has 6 nitrogen and oxygen atoms in total. The monoisotopic (exact) mass is 308 g/mol. The summed E-state index contributed by atoms with van der Waals surface area (Å²) < 4.78 is 31.1. The van der Waals surface area contributed by atoms with E-state index in [1.54, 1.807) is 13.8 Å². The molecule has 19 heavy (non-hydrogen) atoms. The van der Waals surface area contributed by atoms with E-state index >= 15 is 0 Å². The molecule has 0 spiro atoms. The van der Waals surface area contributed by atoms with E-state index in [9.17, 15) is 13.2 Å². The van der Waals surface area contributed by atoms with Crippen LogP contribution in [0.3, 0.4) is 0 Å². The Hall–Kier alpha value is -0.730. The third kappa shape index (κ3) is 3.43. The van der Waals surface area contributed by atoms with Crippen molar-refractivity contribution in [3.63, 3.8) is 0 Å². The maximum absolute atomic E-state index is 12.5. The van der Waals surface area contributed by atoms with E-state index in [1.807, 2.05) is 0 Å². The number of nitrogens with two attached hydrogens (primary N) is 1. The third-order valence-corrected chi connectivity index (χ3v) is 5.97. The lowest BCUT2D eigenvalue weighted by Gasteiger charge is -2.26. The van der Waals surface area contributed by atoms with Crippen molar-refractivity contribution in [2.75, 3.05) is 13.2 Å². The number of nitrogens with zero attached hydrogens (tertiary/aromatic N) is 1. The molecule has 1 rings (SSSR count). The molecule has 1 saturated heterocycles. The van der Waals surface area contributed by atoms with Crippen molar-refractivity contribution in [2.24, 2.45) is 5.73 Å². The SMILES string of the molecule is CCOC(=O)C1CCCN1S(=O)(=O)C(CC)C(N)=S. The molecule has 0 aliphatic carbocycles. The molecule has 1 aliphatic rings. The standard InChI is InChI=1S/C11H20N2O4S2/c1-3-9(10(12)18)19(15,16)13-7-5-6-8(13)11(14)17-4-2/h8-9H,3-7H2,1-2H3,(H2,12,18). The number of carbonyl (C=O) groups excluding carboxylic acids is 1. The first-order chi connectivity index (χ1) is 8.86. The lowest BCUT2D eigenvalue weighted by Crippen LogP contribution is -2.48. The minimum absolute atomic E-state index is 0.0583. The van der Waals surface area contributed by atoms with E-state index in [4.69, 9.17) is 22.7 Å². The average molecular weight is 308 g/mol. The van der Waals surface area contributed by atoms with Gasteiger partial charge >= 0.3 is 5.97 Å². The van der Waals surface area contributed by atoms with Gasteiger partial charge in [0, 0.05) is 6.54 Å². The van der Waals surface area contributed by atoms with Gasteiger partial charge in [-0.1, -0.05) is 19.1 Å². The van der Waals surface area contributed by atoms with Crippen molar-refractivity contribution in [3.8, 4) is 0 Å². The molecule has 2 unspecified atom stereocenters. The van der Waals surface area contributed by atoms with Crippen LogP contribution in [0.4, 0.5) is 0 Å². The van der Waals surface area contributed by atoms with Gasteiger partial charge in [0.1, 0.15) is 11.3 Å². The highest BCUT2D eigenvalue weighted by Gasteiger charge is 2.43. The van der Waals surface area contributed by atoms with E-state index in [0.29, 0.717) is 25.8 Å². The second-order valence-corrected chi connectivity index (χ2v) is 6.90. The Morgan fingerprint density at radius 3 is 2.63 bits per heavy atom. The summed E-state index contributed by atoms with van der Waals surface area (Å²) in [7, 11) is -3.70. The Balaban J connectivity index is 2.99. The summed E-state index contributed by atoms with van der Waals surface area (Å²) in [5.41, 5.74) is 5.49. The van der Waals surface area contributed by atoms with Crippen LogP contribution < -0.4 is 5.73 Å². The predicted molar refractivity (Wildman–Crippen MR) is 76.1 cm³/mol. The summed E-state index contributed by atoms with van der Waals surface area (Å²) in [4.78, 5) is 11.7. The molecule has 0 aromatic heterocycles. The molecule has 1 aliphatic heterocycles. The summed E-state index contributed by atoms with van der Waals surface area (Å²) in [6.45, 7) is 3.94. The van der Waals surface area contributed by atoms with E-state index in [1.165, 1.54) is 4.31 Å². The summed E-state index contributed by atoms with van der Waals surface area (Å²) in [5.74, 6) is -0.499. The normalized spacial score (nSPS) is 22.1. The fourth-order valence-corrected chi connectivity index (χ4v) is 4.74. The lowest BCUT2D eigenvalue weighted by molar-refractivity contribution is -0.146. The van der Waals surface area contributed by atoms with Crippen molar-refractivity contribution < 1.29 is 17.9 Å². The first kappa shape index (κ1) is 16.3. The molecule has 0 aromatic carbocycles. The minimum Gasteiger partial charge on any atom is -0.465 e. The first-order valence-electron chi connectivity index (χ1n) is 6.32. The second kappa shape index (κ2) is 6.62. The maximum atomic E-state index is 12.5. The second-order valence-electron chi connectivity index (χ2n) is 4.36. The van der Waals surface area contributed by atoms with Crippen LogP contribution in [0, 0.1) is 0 Å². The number of ether oxygens (including phenoxy) is 1. The van der Waals surface area contributed by atoms with Gasteiger partial charge in [0.05, 0.1) is 11.6 Å². The van der Waals surface area contributed by atoms with Crippen molar-refractivity contribution in [3.05, 3.63) is 0 Å². The van der Waals surface area contributed by atoms with Crippen molar-refractivity contribution in [1.82, 2.24) is 4.31 Å². The van der Waals surface area contributed by atoms with Gasteiger partial charge in [0.2, 0.25) is 10.0 Å². The van der Waals surface area contributed by atoms with Gasteiger partial charge in [0.25, 0.3) is 0 Å². The zero-order chi connectivity index (χ0) is 14.6. The number of thiocarbonyl (C=S) groups is 1. The summed E-state index contributed by atoms with van der Waals surface area (Å²) in [6, 6.07) is -0.742. The van der Waals surface area contributed by atoms with Crippen LogP contribution in [0.2, 0.25) is 0 Å². The number of esters is 1. The third-order valence-electron chi connectivity index (χ3n) is 3.14. The molecule has 0 saturated carbocycles. The highest BCUT2D eigenvalue weighted by atomic mass is 32.2. The van der Waals surface area contributed by atoms with Gasteiger partial charge in [-0.05, 0) is 26.2 Å². The van der Waals surface area contributed by atoms with Gasteiger partial charge in [-0.25, -0.2) is 8.42 Å². The highest BCUT2D eigenvalue weighted by Crippen LogP contribution is 2.25. The van der Waals surface area contributed by atoms with E-state index in [2.05, 4.69) is 0 Å². The zero-order valence-electron chi connectivity index (χ0n) is 11.2. The Morgan fingerprint density at radius 1 is 1.53 bits per heavy atom. The summed E-state index contributed by atoms with van der Waals surface area (Å²) >= 11 is 4.81. The number of hydrogen-bond acceptors (Lipinski definition) is 5. The van der Waals surface area contributed by atoms with E-state index in [0.717, 1.165) is 0 Å². The Labute approximate surface area is 119 Å². The molecule has 2 N–H and O–H groups in total. The quantitative estimate of drug-likeness (QED) is 0.564. The van der Waals surface area contributed by atoms with Crippen LogP contribution in [0.15, 0.2) is 0 Å². The molecule has 0 bridgehead atoms. The van der Waals surface area contributed by atoms with Gasteiger partial charge in [-0.3, -0.25) is 4.79 Å². The average Bonchev–Trinajstić information content (AvgIpc) is 2.78. The molecule has 1 heterocycles. The van der Waals surface area contributed by atoms with Gasteiger partial charge in [0.15, 0.2) is 0 Å². The fourth-order valence-electron chi connectivity index (χ4n) is 2.24. The number of rotatable bonds is 6. The lowest BCUT2D eigenvalue weighted by atomic mass is 10.2. The van der Waals surface area contributed by atoms with Gasteiger partial charge in [-0.2, -0.15) is 4.31 Å². The van der Waals surface area contributed by atoms with E-state index < -0.39 is 27.3 Å². The molecule has 0 radical (unpaired) electrons. The van der Waals surface area contributed by atoms with Gasteiger partial charge in [-0.15, -0.1) is 0 Å². The van der Waals surface area contributed by atoms with Crippen molar-refractivity contribution in [2.45, 2.75) is 44.4 Å². The predicted octanol–water partition coefficient (Wildman–Crippen LogP) is 0.408. The molecular weight excluding hydrogens is 288 g/mol. The number of hydrogen-bond donors (Lipinski definition) is 1. The Bertz CT molecular complexity index is 450. The van der Waals surface area contributed by atoms with Crippen LogP contribution in [0.25, 0.3) is 0 Å². The topological polar surface area (TPSA) is 89.7 Å². The van der Waals surface area contributed by atoms with Crippen LogP contribution in [0.5, 0.6) is 0 Å². The largest absolute Gasteiger partial charge is 0.465 e. The highest BCUT2D eigenvalue weighted by molar-refractivity contribution is 7.92. The van der Waals surface area contributed by atoms with Crippen molar-refractivity contribution >= 4 is 33.2 Å². The molecule has 110 valence electrons. The number of carbonyl (C=O) groups is 1. The van der Waals surface area contributed by atoms with E-state index in [-0.39, 0.29) is 11.6 Å². The smallest absolute Gasteiger partial charge is 0.324 e. The molecule has 0 aromatic rings. The minimum atomic E-state index is -3.70. The molecule has 2 atom stereocenters. The first-order valence-corrected chi connectivity index (χ1v) is 8.24.